The summed E-state index contributed by atoms with van der Waals surface area (Å²) in [6, 6.07) is 6.35. The van der Waals surface area contributed by atoms with Gasteiger partial charge in [0.1, 0.15) is 48.8 Å². The highest BCUT2D eigenvalue weighted by molar-refractivity contribution is 5.89. The van der Waals surface area contributed by atoms with E-state index < -0.39 is 117 Å². The molecule has 268 valence electrons. The Morgan fingerprint density at radius 3 is 2.00 bits per heavy atom. The van der Waals surface area contributed by atoms with E-state index in [1.165, 1.54) is 0 Å². The van der Waals surface area contributed by atoms with Gasteiger partial charge in [-0.2, -0.15) is 0 Å². The third-order valence-electron chi connectivity index (χ3n) is 8.05. The van der Waals surface area contributed by atoms with Crippen molar-refractivity contribution in [2.24, 2.45) is 5.92 Å². The summed E-state index contributed by atoms with van der Waals surface area (Å²) >= 11 is 0. The number of esters is 1. The number of hydrogen-bond donors (Lipinski definition) is 11. The fourth-order valence-corrected chi connectivity index (χ4v) is 5.14. The van der Waals surface area contributed by atoms with Gasteiger partial charge in [-0.05, 0) is 37.5 Å². The lowest BCUT2D eigenvalue weighted by Gasteiger charge is -2.43. The van der Waals surface area contributed by atoms with Gasteiger partial charge in [0.2, 0.25) is 0 Å². The maximum absolute atomic E-state index is 11.8. The number of aryl methyl sites for hydroxylation is 1. The molecule has 2 aliphatic heterocycles. The predicted molar refractivity (Wildman–Crippen MR) is 152 cm³/mol. The Bertz CT molecular complexity index is 1120. The molecule has 0 amide bonds. The number of carboxylic acid groups (broad SMARTS) is 1. The van der Waals surface area contributed by atoms with Gasteiger partial charge in [0.25, 0.3) is 0 Å². The van der Waals surface area contributed by atoms with Crippen LogP contribution in [0.5, 0.6) is 0 Å². The van der Waals surface area contributed by atoms with Crippen LogP contribution in [-0.2, 0) is 34.9 Å². The topological polar surface area (TPSA) is 303 Å². The van der Waals surface area contributed by atoms with Gasteiger partial charge in [-0.1, -0.05) is 12.1 Å². The second-order valence-electron chi connectivity index (χ2n) is 11.3. The van der Waals surface area contributed by atoms with Crippen molar-refractivity contribution in [1.29, 1.82) is 0 Å². The molecule has 47 heavy (non-hydrogen) atoms. The van der Waals surface area contributed by atoms with E-state index in [2.05, 4.69) is 0 Å². The maximum Gasteiger partial charge on any atom is 0.338 e. The molecule has 18 nitrogen and oxygen atoms in total. The first kappa shape index (κ1) is 39.0. The molecule has 18 heteroatoms. The molecular formula is C29H44O18. The summed E-state index contributed by atoms with van der Waals surface area (Å²) in [5, 5.41) is 112. The molecule has 2 fully saturated rings. The summed E-state index contributed by atoms with van der Waals surface area (Å²) in [7, 11) is 0. The molecule has 1 aromatic carbocycles. The first-order chi connectivity index (χ1) is 22.2. The third-order valence-corrected chi connectivity index (χ3v) is 8.05. The largest absolute Gasteiger partial charge is 0.479 e. The third kappa shape index (κ3) is 9.83. The van der Waals surface area contributed by atoms with E-state index in [0.29, 0.717) is 11.1 Å². The Morgan fingerprint density at radius 1 is 0.809 bits per heavy atom. The molecule has 14 unspecified atom stereocenters. The van der Waals surface area contributed by atoms with Crippen molar-refractivity contribution in [3.63, 3.8) is 0 Å². The van der Waals surface area contributed by atoms with E-state index in [1.807, 2.05) is 0 Å². The first-order valence-corrected chi connectivity index (χ1v) is 15.0. The molecule has 2 aliphatic rings. The Kier molecular flexibility index (Phi) is 14.8. The summed E-state index contributed by atoms with van der Waals surface area (Å²) < 4.78 is 26.1. The van der Waals surface area contributed by atoms with Crippen LogP contribution in [0.4, 0.5) is 0 Å². The minimum absolute atomic E-state index is 0.0366. The summed E-state index contributed by atoms with van der Waals surface area (Å²) in [6.45, 7) is -0.411. The van der Waals surface area contributed by atoms with E-state index in [-0.39, 0.29) is 19.4 Å². The predicted octanol–water partition coefficient (Wildman–Crippen LogP) is -4.78. The standard InChI is InChI=1S/C29H44O18/c1-2-43-27(42)13-6-3-12(4-7-13)5-8-15(31)19(34)20(35)16(32)10-44-28-24(39)22(37)21(36)17(46-28)11-45-29-23(38)18(33)14(9-30)25(47-29)26(40)41/h3-4,6-7,14-25,28-39H,2,5,8-11H2,1H3,(H,40,41). The molecule has 1 aromatic rings. The van der Waals surface area contributed by atoms with Crippen molar-refractivity contribution in [1.82, 2.24) is 0 Å². The van der Waals surface area contributed by atoms with E-state index in [9.17, 15) is 65.8 Å². The van der Waals surface area contributed by atoms with Crippen molar-refractivity contribution >= 4 is 11.9 Å². The maximum atomic E-state index is 11.8. The van der Waals surface area contributed by atoms with Gasteiger partial charge < -0.3 is 79.9 Å². The number of ether oxygens (including phenoxy) is 5. The molecule has 2 saturated heterocycles. The number of carbonyl (C=O) groups is 2. The number of carboxylic acids is 1. The molecule has 14 atom stereocenters. The number of aliphatic carboxylic acids is 1. The Morgan fingerprint density at radius 2 is 1.40 bits per heavy atom. The average Bonchev–Trinajstić information content (AvgIpc) is 3.06. The first-order valence-electron chi connectivity index (χ1n) is 15.0. The van der Waals surface area contributed by atoms with Gasteiger partial charge in [-0.25, -0.2) is 9.59 Å². The Labute approximate surface area is 268 Å². The summed E-state index contributed by atoms with van der Waals surface area (Å²) in [6.07, 6.45) is -22.8. The van der Waals surface area contributed by atoms with Gasteiger partial charge in [0, 0.05) is 5.92 Å². The Hall–Kier alpha value is -2.40. The number of benzene rings is 1. The minimum Gasteiger partial charge on any atom is -0.479 e. The van der Waals surface area contributed by atoms with Crippen LogP contribution in [0.2, 0.25) is 0 Å². The molecule has 0 bridgehead atoms. The molecule has 0 aliphatic carbocycles. The van der Waals surface area contributed by atoms with Crippen molar-refractivity contribution in [3.05, 3.63) is 35.4 Å². The average molecular weight is 681 g/mol. The molecule has 0 aromatic heterocycles. The molecule has 11 N–H and O–H groups in total. The smallest absolute Gasteiger partial charge is 0.338 e. The lowest BCUT2D eigenvalue weighted by molar-refractivity contribution is -0.328. The van der Waals surface area contributed by atoms with Crippen LogP contribution in [-0.4, -0.2) is 174 Å². The highest BCUT2D eigenvalue weighted by atomic mass is 16.7. The lowest BCUT2D eigenvalue weighted by atomic mass is 9.89. The Balaban J connectivity index is 1.51. The zero-order chi connectivity index (χ0) is 35.0. The molecular weight excluding hydrogens is 636 g/mol. The van der Waals surface area contributed by atoms with E-state index in [4.69, 9.17) is 23.7 Å². The zero-order valence-corrected chi connectivity index (χ0v) is 25.4. The van der Waals surface area contributed by atoms with Crippen LogP contribution in [0, 0.1) is 5.92 Å². The molecule has 0 spiro atoms. The van der Waals surface area contributed by atoms with Crippen molar-refractivity contribution in [2.75, 3.05) is 26.4 Å². The van der Waals surface area contributed by atoms with Gasteiger partial charge in [-0.3, -0.25) is 0 Å². The van der Waals surface area contributed by atoms with Crippen LogP contribution < -0.4 is 0 Å². The number of aliphatic hydroxyl groups is 10. The van der Waals surface area contributed by atoms with Crippen molar-refractivity contribution in [2.45, 2.75) is 99.5 Å². The highest BCUT2D eigenvalue weighted by Crippen LogP contribution is 2.29. The van der Waals surface area contributed by atoms with E-state index in [1.54, 1.807) is 31.2 Å². The van der Waals surface area contributed by atoms with Crippen molar-refractivity contribution in [3.8, 4) is 0 Å². The van der Waals surface area contributed by atoms with Crippen LogP contribution in [0.3, 0.4) is 0 Å². The summed E-state index contributed by atoms with van der Waals surface area (Å²) in [4.78, 5) is 23.3. The van der Waals surface area contributed by atoms with Crippen molar-refractivity contribution < 1.29 is 89.4 Å². The van der Waals surface area contributed by atoms with Crippen LogP contribution >= 0.6 is 0 Å². The fraction of sp³-hybridized carbons (Fsp3) is 0.724. The number of aliphatic hydroxyl groups excluding tert-OH is 10. The fourth-order valence-electron chi connectivity index (χ4n) is 5.14. The van der Waals surface area contributed by atoms with E-state index >= 15 is 0 Å². The summed E-state index contributed by atoms with van der Waals surface area (Å²) in [5.41, 5.74) is 1.05. The number of hydrogen-bond acceptors (Lipinski definition) is 17. The quantitative estimate of drug-likeness (QED) is 0.0730. The van der Waals surface area contributed by atoms with Gasteiger partial charge in [0.05, 0.1) is 44.2 Å². The monoisotopic (exact) mass is 680 g/mol. The zero-order valence-electron chi connectivity index (χ0n) is 25.4. The van der Waals surface area contributed by atoms with Crippen LogP contribution in [0.1, 0.15) is 29.3 Å². The molecule has 0 saturated carbocycles. The second-order valence-corrected chi connectivity index (χ2v) is 11.3. The molecule has 0 radical (unpaired) electrons. The second kappa shape index (κ2) is 17.8. The lowest BCUT2D eigenvalue weighted by Crippen LogP contribution is -2.61. The van der Waals surface area contributed by atoms with Crippen LogP contribution in [0.25, 0.3) is 0 Å². The molecule has 3 rings (SSSR count). The summed E-state index contributed by atoms with van der Waals surface area (Å²) in [5.74, 6) is -3.41. The SMILES string of the molecule is CCOC(=O)c1ccc(CCC(O)C(O)C(O)C(O)COC2OC(COC3OC(C(=O)O)C(CO)C(O)C3O)C(O)C(O)C2O)cc1. The highest BCUT2D eigenvalue weighted by Gasteiger charge is 2.49. The normalized spacial score (nSPS) is 33.9. The van der Waals surface area contributed by atoms with Gasteiger partial charge in [0.15, 0.2) is 18.7 Å². The van der Waals surface area contributed by atoms with Crippen LogP contribution in [0.15, 0.2) is 24.3 Å². The minimum atomic E-state index is -1.94. The number of carbonyl (C=O) groups excluding carboxylic acids is 1. The van der Waals surface area contributed by atoms with Gasteiger partial charge >= 0.3 is 11.9 Å². The number of rotatable bonds is 16. The van der Waals surface area contributed by atoms with E-state index in [0.717, 1.165) is 0 Å². The van der Waals surface area contributed by atoms with Gasteiger partial charge in [-0.15, -0.1) is 0 Å². The molecule has 2 heterocycles.